The molecule has 0 aromatic heterocycles. The third-order valence-electron chi connectivity index (χ3n) is 5.55. The lowest BCUT2D eigenvalue weighted by Gasteiger charge is -2.26. The first-order valence-electron chi connectivity index (χ1n) is 11.4. The van der Waals surface area contributed by atoms with Crippen LogP contribution < -0.4 is 5.32 Å². The van der Waals surface area contributed by atoms with E-state index in [2.05, 4.69) is 0 Å². The van der Waals surface area contributed by atoms with Crippen molar-refractivity contribution >= 4 is 0 Å². The SMILES string of the molecule is CCCC(C)CNC(F)(F)C(F)(F)F.Fc1c(F)c(F)c(-c2c(C(F)(F)F)c(F)c(F)c(F)c2C(F)(F)C(F)(F)F)c(F)c1F. The topological polar surface area (TPSA) is 12.0 Å². The van der Waals surface area contributed by atoms with Crippen LogP contribution in [0.15, 0.2) is 0 Å². The molecule has 0 amide bonds. The highest BCUT2D eigenvalue weighted by molar-refractivity contribution is 5.75. The second kappa shape index (κ2) is 13.3. The van der Waals surface area contributed by atoms with Gasteiger partial charge in [0.25, 0.3) is 0 Å². The van der Waals surface area contributed by atoms with Crippen molar-refractivity contribution < 1.29 is 92.2 Å². The van der Waals surface area contributed by atoms with Crippen molar-refractivity contribution in [2.24, 2.45) is 5.92 Å². The molecule has 0 aliphatic carbocycles. The summed E-state index contributed by atoms with van der Waals surface area (Å²) in [6, 6.07) is -4.78. The number of hydrogen-bond donors (Lipinski definition) is 1. The fourth-order valence-electron chi connectivity index (χ4n) is 3.43. The van der Waals surface area contributed by atoms with Crippen LogP contribution in [0.3, 0.4) is 0 Å². The molecule has 2 aromatic carbocycles. The van der Waals surface area contributed by atoms with Gasteiger partial charge in [-0.2, -0.15) is 57.1 Å². The van der Waals surface area contributed by atoms with E-state index < -0.39 is 99.3 Å². The lowest BCUT2D eigenvalue weighted by Crippen LogP contribution is -2.50. The molecule has 0 saturated carbocycles. The molecule has 0 heterocycles. The summed E-state index contributed by atoms with van der Waals surface area (Å²) in [6.07, 6.45) is -17.8. The van der Waals surface area contributed by atoms with Gasteiger partial charge in [-0.3, -0.25) is 0 Å². The zero-order valence-corrected chi connectivity index (χ0v) is 21.6. The van der Waals surface area contributed by atoms with Gasteiger partial charge in [0.2, 0.25) is 5.82 Å². The minimum absolute atomic E-state index is 0.187. The number of benzene rings is 2. The van der Waals surface area contributed by atoms with Crippen LogP contribution in [0.25, 0.3) is 11.1 Å². The maximum absolute atomic E-state index is 13.9. The smallest absolute Gasteiger partial charge is 0.250 e. The van der Waals surface area contributed by atoms with Gasteiger partial charge < -0.3 is 0 Å². The van der Waals surface area contributed by atoms with E-state index in [9.17, 15) is 92.2 Å². The molecule has 1 atom stereocenters. The van der Waals surface area contributed by atoms with E-state index >= 15 is 0 Å². The van der Waals surface area contributed by atoms with Crippen molar-refractivity contribution in [1.29, 1.82) is 0 Å². The van der Waals surface area contributed by atoms with Crippen LogP contribution in [0, 0.1) is 52.5 Å². The molecular weight excluding hydrogens is 689 g/mol. The Balaban J connectivity index is 0.000000609. The summed E-state index contributed by atoms with van der Waals surface area (Å²) < 4.78 is 273. The molecule has 22 heteroatoms. The van der Waals surface area contributed by atoms with Crippen LogP contribution in [0.4, 0.5) is 92.2 Å². The van der Waals surface area contributed by atoms with E-state index in [0.717, 1.165) is 6.42 Å². The highest BCUT2D eigenvalue weighted by Crippen LogP contribution is 2.53. The van der Waals surface area contributed by atoms with Crippen molar-refractivity contribution in [1.82, 2.24) is 5.32 Å². The Kier molecular flexibility index (Phi) is 11.8. The van der Waals surface area contributed by atoms with E-state index in [1.165, 1.54) is 5.32 Å². The van der Waals surface area contributed by atoms with E-state index in [-0.39, 0.29) is 12.5 Å². The van der Waals surface area contributed by atoms with Gasteiger partial charge in [0.15, 0.2) is 40.7 Å². The molecule has 45 heavy (non-hydrogen) atoms. The average Bonchev–Trinajstić information content (AvgIpc) is 2.87. The minimum atomic E-state index is -7.10. The first-order valence-corrected chi connectivity index (χ1v) is 11.4. The van der Waals surface area contributed by atoms with Gasteiger partial charge in [-0.15, -0.1) is 0 Å². The Labute approximate surface area is 237 Å². The van der Waals surface area contributed by atoms with Gasteiger partial charge >= 0.3 is 30.5 Å². The fraction of sp³-hybridized carbons (Fsp3) is 0.478. The number of alkyl halides is 13. The zero-order chi connectivity index (χ0) is 35.8. The highest BCUT2D eigenvalue weighted by Gasteiger charge is 2.63. The summed E-state index contributed by atoms with van der Waals surface area (Å²) in [5.41, 5.74) is -14.2. The Hall–Kier alpha value is -3.07. The number of hydrogen-bond acceptors (Lipinski definition) is 1. The number of nitrogens with one attached hydrogen (secondary N) is 1. The molecule has 0 radical (unpaired) electrons. The second-order valence-corrected chi connectivity index (χ2v) is 8.93. The minimum Gasteiger partial charge on any atom is -0.250 e. The summed E-state index contributed by atoms with van der Waals surface area (Å²) in [5, 5.41) is 1.23. The Morgan fingerprint density at radius 1 is 0.511 bits per heavy atom. The number of rotatable bonds is 7. The maximum atomic E-state index is 13.9. The second-order valence-electron chi connectivity index (χ2n) is 8.93. The summed E-state index contributed by atoms with van der Waals surface area (Å²) in [6.45, 7) is 3.14. The van der Waals surface area contributed by atoms with E-state index in [4.69, 9.17) is 0 Å². The Morgan fingerprint density at radius 3 is 1.24 bits per heavy atom. The molecule has 0 fully saturated rings. The van der Waals surface area contributed by atoms with Gasteiger partial charge in [-0.05, 0) is 12.3 Å². The van der Waals surface area contributed by atoms with Crippen molar-refractivity contribution in [3.8, 4) is 11.1 Å². The lowest BCUT2D eigenvalue weighted by molar-refractivity contribution is -0.295. The molecular formula is C23H14F21N. The normalized spacial score (nSPS) is 13.9. The van der Waals surface area contributed by atoms with Gasteiger partial charge in [-0.1, -0.05) is 20.3 Å². The Bertz CT molecular complexity index is 1340. The number of halogens is 21. The molecule has 1 N–H and O–H groups in total. The van der Waals surface area contributed by atoms with Crippen molar-refractivity contribution in [2.75, 3.05) is 6.54 Å². The van der Waals surface area contributed by atoms with E-state index in [0.29, 0.717) is 6.42 Å². The molecule has 2 rings (SSSR count). The molecule has 258 valence electrons. The first-order chi connectivity index (χ1) is 20.0. The van der Waals surface area contributed by atoms with Crippen LogP contribution in [-0.2, 0) is 12.1 Å². The quantitative estimate of drug-likeness (QED) is 0.131. The summed E-state index contributed by atoms with van der Waals surface area (Å²) >= 11 is 0. The fourth-order valence-corrected chi connectivity index (χ4v) is 3.43. The molecule has 0 bridgehead atoms. The van der Waals surface area contributed by atoms with E-state index in [1.807, 2.05) is 6.92 Å². The summed E-state index contributed by atoms with van der Waals surface area (Å²) in [4.78, 5) is 0. The molecule has 1 nitrogen and oxygen atoms in total. The van der Waals surface area contributed by atoms with E-state index in [1.54, 1.807) is 6.92 Å². The monoisotopic (exact) mass is 703 g/mol. The third-order valence-corrected chi connectivity index (χ3v) is 5.55. The van der Waals surface area contributed by atoms with Crippen molar-refractivity contribution in [3.05, 3.63) is 57.7 Å². The summed E-state index contributed by atoms with van der Waals surface area (Å²) in [7, 11) is 0. The first kappa shape index (κ1) is 40.0. The van der Waals surface area contributed by atoms with Gasteiger partial charge in [0, 0.05) is 12.1 Å². The van der Waals surface area contributed by atoms with Gasteiger partial charge in [0.1, 0.15) is 5.56 Å². The van der Waals surface area contributed by atoms with Crippen molar-refractivity contribution in [3.63, 3.8) is 0 Å². The largest absolute Gasteiger partial charge is 0.469 e. The molecule has 0 spiro atoms. The Morgan fingerprint density at radius 2 is 0.889 bits per heavy atom. The van der Waals surface area contributed by atoms with Crippen LogP contribution in [0.1, 0.15) is 37.8 Å². The standard InChI is InChI=1S/C15F16.C8H14F5N/c16-5-2(6(17)10(21)12(23)9(5)20)1-3(13(24,25)15(29,30)31)7(18)11(22)8(19)4(1)14(26,27)28;1-3-4-6(2)5-14-8(12,13)7(9,10)11/h;6,14H,3-5H2,1-2H3. The van der Waals surface area contributed by atoms with Crippen LogP contribution in [0.2, 0.25) is 0 Å². The van der Waals surface area contributed by atoms with Crippen LogP contribution in [0.5, 0.6) is 0 Å². The van der Waals surface area contributed by atoms with Crippen LogP contribution >= 0.6 is 0 Å². The predicted octanol–water partition coefficient (Wildman–Crippen LogP) is 10.3. The van der Waals surface area contributed by atoms with Crippen LogP contribution in [-0.4, -0.2) is 24.9 Å². The average molecular weight is 703 g/mol. The van der Waals surface area contributed by atoms with Crippen molar-refractivity contribution in [2.45, 2.75) is 57.2 Å². The predicted molar refractivity (Wildman–Crippen MR) is 110 cm³/mol. The zero-order valence-electron chi connectivity index (χ0n) is 21.6. The lowest BCUT2D eigenvalue weighted by atomic mass is 9.88. The molecule has 0 saturated heterocycles. The molecule has 0 aliphatic heterocycles. The third kappa shape index (κ3) is 8.02. The highest BCUT2D eigenvalue weighted by atomic mass is 19.4. The van der Waals surface area contributed by atoms with Gasteiger partial charge in [-0.25, -0.2) is 40.4 Å². The summed E-state index contributed by atoms with van der Waals surface area (Å²) in [5.74, 6) is -34.3. The molecule has 0 aliphatic rings. The molecule has 1 unspecified atom stereocenters. The molecule has 2 aromatic rings. The maximum Gasteiger partial charge on any atom is 0.469 e. The van der Waals surface area contributed by atoms with Gasteiger partial charge in [0.05, 0.1) is 11.1 Å².